The van der Waals surface area contributed by atoms with E-state index < -0.39 is 29.8 Å². The first-order chi connectivity index (χ1) is 23.0. The number of amides is 3. The Bertz CT molecular complexity index is 1950. The van der Waals surface area contributed by atoms with Gasteiger partial charge in [0.1, 0.15) is 11.8 Å². The van der Waals surface area contributed by atoms with Gasteiger partial charge in [0, 0.05) is 35.1 Å². The molecule has 2 aliphatic rings. The van der Waals surface area contributed by atoms with Gasteiger partial charge in [-0.15, -0.1) is 0 Å². The third kappa shape index (κ3) is 5.78. The highest BCUT2D eigenvalue weighted by molar-refractivity contribution is 6.13. The highest BCUT2D eigenvalue weighted by Gasteiger charge is 2.45. The number of halogens is 2. The molecule has 0 saturated heterocycles. The molecule has 0 fully saturated rings. The van der Waals surface area contributed by atoms with Crippen LogP contribution < -0.4 is 15.0 Å². The van der Waals surface area contributed by atoms with E-state index in [1.165, 1.54) is 82.4 Å². The van der Waals surface area contributed by atoms with E-state index in [0.29, 0.717) is 11.4 Å². The predicted octanol–water partition coefficient (Wildman–Crippen LogP) is 4.64. The van der Waals surface area contributed by atoms with Crippen molar-refractivity contribution in [3.05, 3.63) is 119 Å². The molecule has 1 N–H and O–H groups in total. The van der Waals surface area contributed by atoms with Crippen LogP contribution in [-0.2, 0) is 10.7 Å². The molecule has 3 amide bonds. The summed E-state index contributed by atoms with van der Waals surface area (Å²) in [5.41, 5.74) is 0.421. The van der Waals surface area contributed by atoms with Crippen molar-refractivity contribution in [1.82, 2.24) is 19.6 Å². The van der Waals surface area contributed by atoms with E-state index in [0.717, 1.165) is 0 Å². The van der Waals surface area contributed by atoms with Crippen LogP contribution in [0.5, 0.6) is 5.75 Å². The summed E-state index contributed by atoms with van der Waals surface area (Å²) in [5.74, 6) is -4.29. The largest absolute Gasteiger partial charge is 0.495 e. The molecule has 2 aliphatic heterocycles. The van der Waals surface area contributed by atoms with Crippen molar-refractivity contribution < 1.29 is 27.9 Å². The van der Waals surface area contributed by atoms with Gasteiger partial charge in [0.15, 0.2) is 5.69 Å². The lowest BCUT2D eigenvalue weighted by molar-refractivity contribution is -0.129. The fraction of sp³-hybridized carbons (Fsp3) is 0.229. The van der Waals surface area contributed by atoms with Gasteiger partial charge in [-0.25, -0.2) is 4.68 Å². The van der Waals surface area contributed by atoms with Crippen molar-refractivity contribution >= 4 is 29.1 Å². The number of alkyl halides is 2. The molecule has 11 nitrogen and oxygen atoms in total. The number of carbonyl (C=O) groups excluding carboxylic acids is 3. The third-order valence-electron chi connectivity index (χ3n) is 8.32. The number of ether oxygens (including phenoxy) is 1. The number of hydrogen-bond acceptors (Lipinski definition) is 7. The van der Waals surface area contributed by atoms with E-state index in [1.807, 2.05) is 6.07 Å². The normalized spacial score (nSPS) is 17.1. The second kappa shape index (κ2) is 12.7. The van der Waals surface area contributed by atoms with Gasteiger partial charge in [0.25, 0.3) is 17.7 Å². The Balaban J connectivity index is 1.38. The van der Waals surface area contributed by atoms with E-state index in [4.69, 9.17) is 4.74 Å². The first-order valence-electron chi connectivity index (χ1n) is 15.0. The van der Waals surface area contributed by atoms with Crippen molar-refractivity contribution in [2.45, 2.75) is 18.0 Å². The van der Waals surface area contributed by atoms with Crippen LogP contribution in [0.1, 0.15) is 43.6 Å². The second-order valence-electron chi connectivity index (χ2n) is 11.7. The average molecular weight is 652 g/mol. The Hall–Kier alpha value is -5.87. The van der Waals surface area contributed by atoms with Gasteiger partial charge in [-0.2, -0.15) is 19.1 Å². The molecule has 0 saturated carbocycles. The number of aromatic nitrogens is 2. The Kier molecular flexibility index (Phi) is 8.51. The molecule has 0 spiro atoms. The van der Waals surface area contributed by atoms with Crippen LogP contribution in [0.4, 0.5) is 20.2 Å². The molecule has 4 aromatic rings. The first-order valence-corrected chi connectivity index (χ1v) is 15.0. The minimum absolute atomic E-state index is 0.0648. The zero-order valence-electron chi connectivity index (χ0n) is 26.3. The van der Waals surface area contributed by atoms with E-state index in [9.17, 15) is 19.6 Å². The smallest absolute Gasteiger partial charge is 0.298 e. The molecule has 0 bridgehead atoms. The summed E-state index contributed by atoms with van der Waals surface area (Å²) in [6, 6.07) is 18.1. The minimum atomic E-state index is -3.28. The Morgan fingerprint density at radius 1 is 1.08 bits per heavy atom. The number of likely N-dealkylation sites (N-methyl/N-ethyl adjacent to an activating group) is 1. The number of nitrogens with zero attached hydrogens (tertiary/aromatic N) is 6. The second-order valence-corrected chi connectivity index (χ2v) is 11.7. The van der Waals surface area contributed by atoms with Crippen LogP contribution in [0.25, 0.3) is 0 Å². The maximum Gasteiger partial charge on any atom is 0.298 e. The molecule has 6 rings (SSSR count). The topological polar surface area (TPSA) is 124 Å². The fourth-order valence-corrected chi connectivity index (χ4v) is 5.96. The quantitative estimate of drug-likeness (QED) is 0.294. The van der Waals surface area contributed by atoms with Gasteiger partial charge in [-0.1, -0.05) is 42.5 Å². The Labute approximate surface area is 275 Å². The summed E-state index contributed by atoms with van der Waals surface area (Å²) in [4.78, 5) is 45.4. The van der Waals surface area contributed by atoms with Crippen LogP contribution in [0.3, 0.4) is 0 Å². The van der Waals surface area contributed by atoms with Gasteiger partial charge in [0.05, 0.1) is 43.2 Å². The zero-order chi connectivity index (χ0) is 34.2. The van der Waals surface area contributed by atoms with Crippen LogP contribution in [0, 0.1) is 11.3 Å². The van der Waals surface area contributed by atoms with Crippen LogP contribution in [-0.4, -0.2) is 77.6 Å². The van der Waals surface area contributed by atoms with Gasteiger partial charge in [0.2, 0.25) is 5.91 Å². The third-order valence-corrected chi connectivity index (χ3v) is 8.32. The summed E-state index contributed by atoms with van der Waals surface area (Å²) in [7, 11) is 4.96. The number of fused-ring (bicyclic) bond motifs is 3. The number of anilines is 2. The lowest BCUT2D eigenvalue weighted by Gasteiger charge is -2.44. The van der Waals surface area contributed by atoms with Crippen LogP contribution in [0.2, 0.25) is 0 Å². The van der Waals surface area contributed by atoms with Gasteiger partial charge >= 0.3 is 0 Å². The molecule has 1 aromatic heterocycles. The van der Waals surface area contributed by atoms with Gasteiger partial charge in [-0.05, 0) is 50.5 Å². The molecule has 0 aliphatic carbocycles. The molecule has 48 heavy (non-hydrogen) atoms. The van der Waals surface area contributed by atoms with E-state index in [2.05, 4.69) is 10.4 Å². The fourth-order valence-electron chi connectivity index (χ4n) is 5.96. The van der Waals surface area contributed by atoms with Crippen molar-refractivity contribution in [3.8, 4) is 11.8 Å². The minimum Gasteiger partial charge on any atom is -0.495 e. The van der Waals surface area contributed by atoms with Crippen LogP contribution >= 0.6 is 0 Å². The maximum atomic E-state index is 15.4. The zero-order valence-corrected chi connectivity index (χ0v) is 26.3. The molecular formula is C35H31F2N7O4. The molecule has 0 radical (unpaired) electrons. The van der Waals surface area contributed by atoms with Crippen molar-refractivity contribution in [1.29, 1.82) is 5.26 Å². The molecule has 244 valence electrons. The van der Waals surface area contributed by atoms with Gasteiger partial charge in [-0.3, -0.25) is 19.3 Å². The predicted molar refractivity (Wildman–Crippen MR) is 173 cm³/mol. The standard InChI is InChI=1S/C35H31F2N7O4/c1-41(2)21-31(45)42-16-15-28-29(20-42)43(26-12-10-25(11-13-26)35(36,37)24-7-5-4-6-8-24)34(47)32-27(19-39-44(28)32)40-33(46)22-9-14-30(48-3)23(17-22)18-38/h4-17,19,28-29H,20-21H2,1-3H3,(H,40,46)/t28-,29+/m1/s1. The number of carbonyl (C=O) groups is 3. The lowest BCUT2D eigenvalue weighted by atomic mass is 9.96. The Morgan fingerprint density at radius 2 is 1.79 bits per heavy atom. The molecule has 0 unspecified atom stereocenters. The van der Waals surface area contributed by atoms with E-state index in [-0.39, 0.29) is 52.6 Å². The molecular weight excluding hydrogens is 620 g/mol. The highest BCUT2D eigenvalue weighted by Crippen LogP contribution is 2.40. The Morgan fingerprint density at radius 3 is 2.46 bits per heavy atom. The summed E-state index contributed by atoms with van der Waals surface area (Å²) in [6.45, 7) is 0.256. The SMILES string of the molecule is COc1ccc(C(=O)Nc2cnn3c2C(=O)N(c2ccc(C(F)(F)c4ccccc4)cc2)[C@H]2CN(C(=O)CN(C)C)C=C[C@H]23)cc1C#N. The molecule has 2 atom stereocenters. The van der Waals surface area contributed by atoms with Crippen molar-refractivity contribution in [2.75, 3.05) is 44.5 Å². The summed E-state index contributed by atoms with van der Waals surface area (Å²) >= 11 is 0. The highest BCUT2D eigenvalue weighted by atomic mass is 19.3. The number of hydrogen-bond donors (Lipinski definition) is 1. The summed E-state index contributed by atoms with van der Waals surface area (Å²) in [5, 5.41) is 16.6. The van der Waals surface area contributed by atoms with E-state index in [1.54, 1.807) is 49.5 Å². The summed E-state index contributed by atoms with van der Waals surface area (Å²) < 4.78 is 37.5. The van der Waals surface area contributed by atoms with Crippen molar-refractivity contribution in [2.24, 2.45) is 0 Å². The lowest BCUT2D eigenvalue weighted by Crippen LogP contribution is -2.57. The molecule has 3 aromatic carbocycles. The van der Waals surface area contributed by atoms with E-state index >= 15 is 8.78 Å². The number of rotatable bonds is 8. The maximum absolute atomic E-state index is 15.4. The number of methoxy groups -OCH3 is 1. The van der Waals surface area contributed by atoms with Crippen LogP contribution in [0.15, 0.2) is 91.3 Å². The number of nitrogens with one attached hydrogen (secondary N) is 1. The monoisotopic (exact) mass is 651 g/mol. The first kappa shape index (κ1) is 32.1. The van der Waals surface area contributed by atoms with Crippen molar-refractivity contribution in [3.63, 3.8) is 0 Å². The average Bonchev–Trinajstić information content (AvgIpc) is 3.52. The summed E-state index contributed by atoms with van der Waals surface area (Å²) in [6.07, 6.45) is 4.76. The van der Waals surface area contributed by atoms with Gasteiger partial charge < -0.3 is 19.9 Å². The number of benzene rings is 3. The number of nitriles is 1. The molecule has 3 heterocycles. The molecule has 13 heteroatoms.